The highest BCUT2D eigenvalue weighted by atomic mass is 32.1. The maximum atomic E-state index is 11.1. The van der Waals surface area contributed by atoms with Gasteiger partial charge in [-0.15, -0.1) is 11.3 Å². The lowest BCUT2D eigenvalue weighted by molar-refractivity contribution is 0.104. The molecule has 0 spiro atoms. The van der Waals surface area contributed by atoms with Crippen LogP contribution in [-0.2, 0) is 0 Å². The number of hydrogen-bond acceptors (Lipinski definition) is 3. The standard InChI is InChI=1S/C8H9NOS/c1-3-4-8(10)7-5-11-6(2)9-7/h3-5H,1-2H3/b4-3+. The highest BCUT2D eigenvalue weighted by Gasteiger charge is 2.03. The molecule has 0 aromatic carbocycles. The topological polar surface area (TPSA) is 30.0 Å². The van der Waals surface area contributed by atoms with Gasteiger partial charge in [-0.3, -0.25) is 4.79 Å². The molecule has 2 nitrogen and oxygen atoms in total. The molecule has 0 amide bonds. The van der Waals surface area contributed by atoms with Gasteiger partial charge in [0.15, 0.2) is 0 Å². The maximum absolute atomic E-state index is 11.1. The molecule has 1 aromatic heterocycles. The first-order valence-corrected chi connectivity index (χ1v) is 4.21. The third-order valence-electron chi connectivity index (χ3n) is 1.19. The van der Waals surface area contributed by atoms with Crippen LogP contribution < -0.4 is 0 Å². The smallest absolute Gasteiger partial charge is 0.204 e. The molecule has 0 radical (unpaired) electrons. The average molecular weight is 167 g/mol. The van der Waals surface area contributed by atoms with E-state index in [0.717, 1.165) is 5.01 Å². The number of aromatic nitrogens is 1. The molecule has 0 bridgehead atoms. The molecule has 0 atom stereocenters. The lowest BCUT2D eigenvalue weighted by Gasteiger charge is -1.83. The van der Waals surface area contributed by atoms with Gasteiger partial charge in [-0.1, -0.05) is 6.08 Å². The highest BCUT2D eigenvalue weighted by Crippen LogP contribution is 2.08. The largest absolute Gasteiger partial charge is 0.288 e. The van der Waals surface area contributed by atoms with Gasteiger partial charge in [0.1, 0.15) is 5.69 Å². The van der Waals surface area contributed by atoms with E-state index < -0.39 is 0 Å². The van der Waals surface area contributed by atoms with E-state index in [1.807, 2.05) is 13.8 Å². The molecule has 58 valence electrons. The Kier molecular flexibility index (Phi) is 2.54. The summed E-state index contributed by atoms with van der Waals surface area (Å²) in [5, 5.41) is 2.70. The van der Waals surface area contributed by atoms with E-state index >= 15 is 0 Å². The number of aryl methyl sites for hydroxylation is 1. The van der Waals surface area contributed by atoms with Crippen LogP contribution in [0, 0.1) is 6.92 Å². The third-order valence-corrected chi connectivity index (χ3v) is 1.96. The van der Waals surface area contributed by atoms with Crippen molar-refractivity contribution in [1.29, 1.82) is 0 Å². The predicted octanol–water partition coefficient (Wildman–Crippen LogP) is 2.21. The molecule has 1 aromatic rings. The molecular formula is C8H9NOS. The Labute approximate surface area is 69.6 Å². The molecule has 11 heavy (non-hydrogen) atoms. The van der Waals surface area contributed by atoms with Crippen LogP contribution in [0.1, 0.15) is 22.4 Å². The summed E-state index contributed by atoms with van der Waals surface area (Å²) < 4.78 is 0. The van der Waals surface area contributed by atoms with Crippen molar-refractivity contribution in [2.75, 3.05) is 0 Å². The predicted molar refractivity (Wildman–Crippen MR) is 46.0 cm³/mol. The lowest BCUT2D eigenvalue weighted by Crippen LogP contribution is -1.93. The van der Waals surface area contributed by atoms with Crippen molar-refractivity contribution in [2.45, 2.75) is 13.8 Å². The average Bonchev–Trinajstić information content (AvgIpc) is 2.36. The number of carbonyl (C=O) groups excluding carboxylic acids is 1. The molecule has 0 saturated heterocycles. The summed E-state index contributed by atoms with van der Waals surface area (Å²) >= 11 is 1.49. The fourth-order valence-corrected chi connectivity index (χ4v) is 1.32. The summed E-state index contributed by atoms with van der Waals surface area (Å²) in [6.07, 6.45) is 3.24. The Morgan fingerprint density at radius 3 is 2.91 bits per heavy atom. The van der Waals surface area contributed by atoms with Gasteiger partial charge in [0.25, 0.3) is 0 Å². The van der Waals surface area contributed by atoms with E-state index in [9.17, 15) is 4.79 Å². The first-order valence-electron chi connectivity index (χ1n) is 3.33. The number of carbonyl (C=O) groups is 1. The van der Waals surface area contributed by atoms with E-state index in [2.05, 4.69) is 4.98 Å². The Morgan fingerprint density at radius 2 is 2.45 bits per heavy atom. The molecule has 0 aliphatic rings. The summed E-state index contributed by atoms with van der Waals surface area (Å²) in [6, 6.07) is 0. The van der Waals surface area contributed by atoms with Crippen molar-refractivity contribution in [2.24, 2.45) is 0 Å². The summed E-state index contributed by atoms with van der Waals surface area (Å²) in [4.78, 5) is 15.2. The monoisotopic (exact) mass is 167 g/mol. The minimum Gasteiger partial charge on any atom is -0.288 e. The molecule has 0 saturated carbocycles. The Hall–Kier alpha value is -0.960. The summed E-state index contributed by atoms with van der Waals surface area (Å²) in [5.41, 5.74) is 0.547. The Balaban J connectivity index is 2.85. The molecule has 1 heterocycles. The fraction of sp³-hybridized carbons (Fsp3) is 0.250. The molecule has 3 heteroatoms. The van der Waals surface area contributed by atoms with Crippen LogP contribution in [0.5, 0.6) is 0 Å². The van der Waals surface area contributed by atoms with Crippen LogP contribution in [0.2, 0.25) is 0 Å². The molecule has 0 fully saturated rings. The zero-order chi connectivity index (χ0) is 8.27. The van der Waals surface area contributed by atoms with Gasteiger partial charge >= 0.3 is 0 Å². The Bertz CT molecular complexity index is 288. The van der Waals surface area contributed by atoms with Gasteiger partial charge in [0, 0.05) is 5.38 Å². The van der Waals surface area contributed by atoms with Crippen molar-refractivity contribution < 1.29 is 4.79 Å². The van der Waals surface area contributed by atoms with Crippen molar-refractivity contribution >= 4 is 17.1 Å². The van der Waals surface area contributed by atoms with Crippen molar-refractivity contribution in [3.05, 3.63) is 28.2 Å². The first kappa shape index (κ1) is 8.14. The fourth-order valence-electron chi connectivity index (χ4n) is 0.713. The molecule has 0 N–H and O–H groups in total. The number of rotatable bonds is 2. The summed E-state index contributed by atoms with van der Waals surface area (Å²) in [7, 11) is 0. The normalized spacial score (nSPS) is 10.7. The van der Waals surface area contributed by atoms with Crippen molar-refractivity contribution in [3.8, 4) is 0 Å². The van der Waals surface area contributed by atoms with E-state index in [1.54, 1.807) is 11.5 Å². The minimum atomic E-state index is -0.0168. The van der Waals surface area contributed by atoms with Crippen LogP contribution in [-0.4, -0.2) is 10.8 Å². The van der Waals surface area contributed by atoms with Gasteiger partial charge in [0.2, 0.25) is 5.78 Å². The van der Waals surface area contributed by atoms with Crippen molar-refractivity contribution in [1.82, 2.24) is 4.98 Å². The van der Waals surface area contributed by atoms with Gasteiger partial charge in [-0.25, -0.2) is 4.98 Å². The van der Waals surface area contributed by atoms with Crippen LogP contribution >= 0.6 is 11.3 Å². The van der Waals surface area contributed by atoms with Crippen LogP contribution in [0.25, 0.3) is 0 Å². The quantitative estimate of drug-likeness (QED) is 0.499. The minimum absolute atomic E-state index is 0.0168. The van der Waals surface area contributed by atoms with E-state index in [1.165, 1.54) is 17.4 Å². The van der Waals surface area contributed by atoms with Gasteiger partial charge in [-0.05, 0) is 19.9 Å². The second-order valence-electron chi connectivity index (χ2n) is 2.12. The van der Waals surface area contributed by atoms with Crippen LogP contribution in [0.3, 0.4) is 0 Å². The zero-order valence-corrected chi connectivity index (χ0v) is 7.31. The number of thiazole rings is 1. The second kappa shape index (κ2) is 3.44. The molecular weight excluding hydrogens is 158 g/mol. The van der Waals surface area contributed by atoms with Gasteiger partial charge < -0.3 is 0 Å². The van der Waals surface area contributed by atoms with E-state index in [0.29, 0.717) is 5.69 Å². The first-order chi connectivity index (χ1) is 5.24. The zero-order valence-electron chi connectivity index (χ0n) is 6.50. The Morgan fingerprint density at radius 1 is 1.73 bits per heavy atom. The highest BCUT2D eigenvalue weighted by molar-refractivity contribution is 7.09. The summed E-state index contributed by atoms with van der Waals surface area (Å²) in [6.45, 7) is 3.70. The lowest BCUT2D eigenvalue weighted by atomic mass is 10.3. The number of allylic oxidation sites excluding steroid dienone is 2. The molecule has 0 unspecified atom stereocenters. The molecule has 0 aliphatic carbocycles. The van der Waals surface area contributed by atoms with Gasteiger partial charge in [0.05, 0.1) is 5.01 Å². The SMILES string of the molecule is C/C=C/C(=O)c1csc(C)n1. The summed E-state index contributed by atoms with van der Waals surface area (Å²) in [5.74, 6) is -0.0168. The van der Waals surface area contributed by atoms with Gasteiger partial charge in [-0.2, -0.15) is 0 Å². The van der Waals surface area contributed by atoms with Crippen LogP contribution in [0.4, 0.5) is 0 Å². The maximum Gasteiger partial charge on any atom is 0.204 e. The van der Waals surface area contributed by atoms with Crippen LogP contribution in [0.15, 0.2) is 17.5 Å². The number of hydrogen-bond donors (Lipinski definition) is 0. The van der Waals surface area contributed by atoms with E-state index in [4.69, 9.17) is 0 Å². The molecule has 1 rings (SSSR count). The molecule has 0 aliphatic heterocycles. The third kappa shape index (κ3) is 1.98. The number of nitrogens with zero attached hydrogens (tertiary/aromatic N) is 1. The van der Waals surface area contributed by atoms with Crippen molar-refractivity contribution in [3.63, 3.8) is 0 Å². The van der Waals surface area contributed by atoms with E-state index in [-0.39, 0.29) is 5.78 Å². The second-order valence-corrected chi connectivity index (χ2v) is 3.18. The number of ketones is 1.